The minimum Gasteiger partial charge on any atom is -0.497 e. The van der Waals surface area contributed by atoms with E-state index in [2.05, 4.69) is 15.9 Å². The number of aryl methyl sites for hydroxylation is 1. The molecule has 0 saturated heterocycles. The highest BCUT2D eigenvalue weighted by Crippen LogP contribution is 2.32. The molecule has 0 saturated carbocycles. The summed E-state index contributed by atoms with van der Waals surface area (Å²) in [5.41, 5.74) is 3.52. The summed E-state index contributed by atoms with van der Waals surface area (Å²) >= 11 is 3.46. The molecule has 2 aromatic rings. The van der Waals surface area contributed by atoms with Gasteiger partial charge in [-0.2, -0.15) is 0 Å². The van der Waals surface area contributed by atoms with Gasteiger partial charge in [0.15, 0.2) is 5.78 Å². The molecule has 0 heterocycles. The fraction of sp³-hybridized carbons (Fsp3) is 0.211. The van der Waals surface area contributed by atoms with Gasteiger partial charge in [0.05, 0.1) is 14.2 Å². The lowest BCUT2D eigenvalue weighted by Crippen LogP contribution is -2.14. The molecule has 118 valence electrons. The molecule has 0 bridgehead atoms. The molecule has 0 amide bonds. The number of halogens is 1. The van der Waals surface area contributed by atoms with Crippen molar-refractivity contribution in [2.75, 3.05) is 14.2 Å². The van der Waals surface area contributed by atoms with E-state index < -0.39 is 0 Å². The number of carbonyl (C=O) groups is 1. The maximum atomic E-state index is 12.7. The van der Waals surface area contributed by atoms with E-state index in [0.717, 1.165) is 44.7 Å². The molecule has 3 nitrogen and oxygen atoms in total. The maximum absolute atomic E-state index is 12.7. The number of hydrogen-bond acceptors (Lipinski definition) is 3. The number of allylic oxidation sites excluding steroid dienone is 1. The van der Waals surface area contributed by atoms with Crippen molar-refractivity contribution in [2.24, 2.45) is 0 Å². The topological polar surface area (TPSA) is 35.5 Å². The van der Waals surface area contributed by atoms with Crippen molar-refractivity contribution >= 4 is 27.8 Å². The molecule has 1 aliphatic carbocycles. The van der Waals surface area contributed by atoms with Gasteiger partial charge in [-0.05, 0) is 60.9 Å². The highest BCUT2D eigenvalue weighted by atomic mass is 79.9. The molecule has 0 unspecified atom stereocenters. The van der Waals surface area contributed by atoms with Gasteiger partial charge < -0.3 is 9.47 Å². The van der Waals surface area contributed by atoms with Crippen molar-refractivity contribution in [1.29, 1.82) is 0 Å². The zero-order chi connectivity index (χ0) is 16.4. The summed E-state index contributed by atoms with van der Waals surface area (Å²) in [4.78, 5) is 12.7. The SMILES string of the molecule is COc1ccc2c(c1)CC/C(=C\c1cc(Br)ccc1OC)C2=O. The Kier molecular flexibility index (Phi) is 4.53. The standard InChI is InChI=1S/C19H17BrO3/c1-22-16-6-7-17-12(11-16)3-4-13(19(17)21)9-14-10-15(20)5-8-18(14)23-2/h5-11H,3-4H2,1-2H3/b13-9+. The number of methoxy groups -OCH3 is 2. The number of hydrogen-bond donors (Lipinski definition) is 0. The average molecular weight is 373 g/mol. The molecule has 0 radical (unpaired) electrons. The Bertz CT molecular complexity index is 793. The van der Waals surface area contributed by atoms with E-state index >= 15 is 0 Å². The molecule has 2 aromatic carbocycles. The fourth-order valence-electron chi connectivity index (χ4n) is 2.82. The predicted octanol–water partition coefficient (Wildman–Crippen LogP) is 4.68. The van der Waals surface area contributed by atoms with E-state index in [1.54, 1.807) is 14.2 Å². The molecule has 0 N–H and O–H groups in total. The Morgan fingerprint density at radius 3 is 2.61 bits per heavy atom. The molecule has 0 atom stereocenters. The van der Waals surface area contributed by atoms with Gasteiger partial charge in [-0.25, -0.2) is 0 Å². The first-order valence-corrected chi connectivity index (χ1v) is 8.17. The molecular formula is C19H17BrO3. The first kappa shape index (κ1) is 15.8. The van der Waals surface area contributed by atoms with Gasteiger partial charge >= 0.3 is 0 Å². The van der Waals surface area contributed by atoms with Crippen molar-refractivity contribution in [2.45, 2.75) is 12.8 Å². The van der Waals surface area contributed by atoms with Crippen LogP contribution in [-0.4, -0.2) is 20.0 Å². The normalized spacial score (nSPS) is 15.4. The van der Waals surface area contributed by atoms with Crippen LogP contribution in [0.1, 0.15) is 27.9 Å². The summed E-state index contributed by atoms with van der Waals surface area (Å²) in [6.07, 6.45) is 3.48. The van der Waals surface area contributed by atoms with E-state index in [1.807, 2.05) is 42.5 Å². The zero-order valence-corrected chi connectivity index (χ0v) is 14.6. The van der Waals surface area contributed by atoms with Crippen molar-refractivity contribution in [3.05, 3.63) is 63.1 Å². The number of ketones is 1. The van der Waals surface area contributed by atoms with Gasteiger partial charge in [0.25, 0.3) is 0 Å². The lowest BCUT2D eigenvalue weighted by molar-refractivity contribution is 0.102. The third-order valence-corrected chi connectivity index (χ3v) is 4.53. The van der Waals surface area contributed by atoms with Crippen LogP contribution >= 0.6 is 15.9 Å². The van der Waals surface area contributed by atoms with Crippen LogP contribution in [0, 0.1) is 0 Å². The maximum Gasteiger partial charge on any atom is 0.189 e. The zero-order valence-electron chi connectivity index (χ0n) is 13.1. The number of ether oxygens (including phenoxy) is 2. The third-order valence-electron chi connectivity index (χ3n) is 4.03. The fourth-order valence-corrected chi connectivity index (χ4v) is 3.20. The first-order valence-electron chi connectivity index (χ1n) is 7.38. The number of Topliss-reactive ketones (excluding diaryl/α,β-unsaturated/α-hetero) is 1. The van der Waals surface area contributed by atoms with Crippen LogP contribution in [0.5, 0.6) is 11.5 Å². The van der Waals surface area contributed by atoms with Crippen LogP contribution in [0.3, 0.4) is 0 Å². The Morgan fingerprint density at radius 1 is 1.04 bits per heavy atom. The van der Waals surface area contributed by atoms with E-state index in [9.17, 15) is 4.79 Å². The van der Waals surface area contributed by atoms with Gasteiger partial charge in [0.2, 0.25) is 0 Å². The lowest BCUT2D eigenvalue weighted by atomic mass is 9.86. The monoisotopic (exact) mass is 372 g/mol. The summed E-state index contributed by atoms with van der Waals surface area (Å²) in [6.45, 7) is 0. The number of rotatable bonds is 3. The van der Waals surface area contributed by atoms with Crippen LogP contribution in [0.4, 0.5) is 0 Å². The van der Waals surface area contributed by atoms with Crippen LogP contribution < -0.4 is 9.47 Å². The Morgan fingerprint density at radius 2 is 1.87 bits per heavy atom. The number of benzene rings is 2. The van der Waals surface area contributed by atoms with Gasteiger partial charge in [-0.1, -0.05) is 15.9 Å². The van der Waals surface area contributed by atoms with Gasteiger partial charge in [0.1, 0.15) is 11.5 Å². The molecule has 0 aliphatic heterocycles. The van der Waals surface area contributed by atoms with Crippen LogP contribution in [0.2, 0.25) is 0 Å². The van der Waals surface area contributed by atoms with Crippen molar-refractivity contribution in [3.63, 3.8) is 0 Å². The highest BCUT2D eigenvalue weighted by molar-refractivity contribution is 9.10. The summed E-state index contributed by atoms with van der Waals surface area (Å²) in [5, 5.41) is 0. The van der Waals surface area contributed by atoms with E-state index in [4.69, 9.17) is 9.47 Å². The van der Waals surface area contributed by atoms with Crippen molar-refractivity contribution < 1.29 is 14.3 Å². The molecule has 0 fully saturated rings. The second kappa shape index (κ2) is 6.59. The Balaban J connectivity index is 1.99. The highest BCUT2D eigenvalue weighted by Gasteiger charge is 2.22. The summed E-state index contributed by atoms with van der Waals surface area (Å²) in [7, 11) is 3.27. The molecule has 4 heteroatoms. The molecular weight excluding hydrogens is 356 g/mol. The Labute approximate surface area is 144 Å². The van der Waals surface area contributed by atoms with Crippen molar-refractivity contribution in [3.8, 4) is 11.5 Å². The minimum absolute atomic E-state index is 0.0796. The molecule has 0 aromatic heterocycles. The van der Waals surface area contributed by atoms with Gasteiger partial charge in [0, 0.05) is 21.2 Å². The smallest absolute Gasteiger partial charge is 0.189 e. The largest absolute Gasteiger partial charge is 0.497 e. The second-order valence-electron chi connectivity index (χ2n) is 5.41. The lowest BCUT2D eigenvalue weighted by Gasteiger charge is -2.18. The molecule has 1 aliphatic rings. The third kappa shape index (κ3) is 3.17. The minimum atomic E-state index is 0.0796. The summed E-state index contributed by atoms with van der Waals surface area (Å²) < 4.78 is 11.6. The van der Waals surface area contributed by atoms with Crippen LogP contribution in [0.25, 0.3) is 6.08 Å². The Hall–Kier alpha value is -2.07. The second-order valence-corrected chi connectivity index (χ2v) is 6.32. The number of carbonyl (C=O) groups excluding carboxylic acids is 1. The van der Waals surface area contributed by atoms with Crippen LogP contribution in [0.15, 0.2) is 46.4 Å². The molecule has 3 rings (SSSR count). The van der Waals surface area contributed by atoms with E-state index in [0.29, 0.717) is 6.42 Å². The van der Waals surface area contributed by atoms with Gasteiger partial charge in [-0.15, -0.1) is 0 Å². The molecule has 23 heavy (non-hydrogen) atoms. The average Bonchev–Trinajstić information content (AvgIpc) is 2.57. The van der Waals surface area contributed by atoms with E-state index in [-0.39, 0.29) is 5.78 Å². The van der Waals surface area contributed by atoms with Gasteiger partial charge in [-0.3, -0.25) is 4.79 Å². The molecule has 0 spiro atoms. The van der Waals surface area contributed by atoms with Crippen molar-refractivity contribution in [1.82, 2.24) is 0 Å². The van der Waals surface area contributed by atoms with E-state index in [1.165, 1.54) is 0 Å². The summed E-state index contributed by atoms with van der Waals surface area (Å²) in [5.74, 6) is 1.63. The summed E-state index contributed by atoms with van der Waals surface area (Å²) in [6, 6.07) is 11.4. The first-order chi connectivity index (χ1) is 11.1. The number of fused-ring (bicyclic) bond motifs is 1. The van der Waals surface area contributed by atoms with Crippen LogP contribution in [-0.2, 0) is 6.42 Å². The predicted molar refractivity (Wildman–Crippen MR) is 94.3 cm³/mol. The quantitative estimate of drug-likeness (QED) is 0.733.